The Balaban J connectivity index is 1.64. The minimum atomic E-state index is -4.63. The van der Waals surface area contributed by atoms with Crippen LogP contribution in [0.3, 0.4) is 0 Å². The Morgan fingerprint density at radius 3 is 2.29 bits per heavy atom. The summed E-state index contributed by atoms with van der Waals surface area (Å²) in [5, 5.41) is 15.9. The zero-order valence-corrected chi connectivity index (χ0v) is 19.9. The zero-order valence-electron chi connectivity index (χ0n) is 18.3. The molecule has 0 radical (unpaired) electrons. The predicted molar refractivity (Wildman–Crippen MR) is 126 cm³/mol. The van der Waals surface area contributed by atoms with E-state index in [2.05, 4.69) is 20.6 Å². The molecule has 34 heavy (non-hydrogen) atoms. The van der Waals surface area contributed by atoms with E-state index in [0.717, 1.165) is 15.8 Å². The normalized spacial score (nSPS) is 12.1. The van der Waals surface area contributed by atoms with E-state index in [-0.39, 0.29) is 16.1 Å². The van der Waals surface area contributed by atoms with Crippen molar-refractivity contribution in [2.24, 2.45) is 0 Å². The maximum Gasteiger partial charge on any atom is 0.435 e. The maximum absolute atomic E-state index is 13.4. The fraction of sp³-hybridized carbons (Fsp3) is 0.217. The van der Waals surface area contributed by atoms with Crippen molar-refractivity contribution in [1.82, 2.24) is 20.0 Å². The molecule has 0 aliphatic carbocycles. The lowest BCUT2D eigenvalue weighted by atomic mass is 9.98. The lowest BCUT2D eigenvalue weighted by molar-refractivity contribution is -0.141. The van der Waals surface area contributed by atoms with Crippen molar-refractivity contribution in [3.8, 4) is 16.9 Å². The van der Waals surface area contributed by atoms with Crippen LogP contribution in [0.25, 0.3) is 16.9 Å². The summed E-state index contributed by atoms with van der Waals surface area (Å²) in [6.45, 7) is 5.99. The third kappa shape index (κ3) is 4.97. The molecular weight excluding hydrogens is 487 g/mol. The van der Waals surface area contributed by atoms with Gasteiger partial charge in [-0.1, -0.05) is 68.0 Å². The molecule has 0 aliphatic rings. The lowest BCUT2D eigenvalue weighted by Gasteiger charge is -2.12. The Morgan fingerprint density at radius 1 is 1.03 bits per heavy atom. The van der Waals surface area contributed by atoms with Crippen LogP contribution < -0.4 is 5.32 Å². The molecule has 0 aliphatic heterocycles. The zero-order chi connectivity index (χ0) is 24.7. The fourth-order valence-electron chi connectivity index (χ4n) is 3.07. The molecule has 2 aromatic heterocycles. The lowest BCUT2D eigenvalue weighted by Crippen LogP contribution is -2.11. The highest BCUT2D eigenvalue weighted by Crippen LogP contribution is 2.35. The van der Waals surface area contributed by atoms with Crippen LogP contribution in [0.15, 0.2) is 54.6 Å². The van der Waals surface area contributed by atoms with Crippen LogP contribution in [0, 0.1) is 0 Å². The summed E-state index contributed by atoms with van der Waals surface area (Å²) < 4.78 is 41.3. The van der Waals surface area contributed by atoms with E-state index in [1.807, 2.05) is 20.8 Å². The molecule has 0 fully saturated rings. The second-order valence-electron chi connectivity index (χ2n) is 8.47. The van der Waals surface area contributed by atoms with Crippen LogP contribution >= 0.6 is 22.9 Å². The Morgan fingerprint density at radius 2 is 1.71 bits per heavy atom. The number of amides is 1. The third-order valence-corrected chi connectivity index (χ3v) is 6.39. The number of rotatable bonds is 4. The molecule has 0 bridgehead atoms. The standard InChI is InChI=1S/C23H19ClF3N5OS/c1-22(2,3)20-29-30-21(34-20)28-19(33)14-10-8-13(9-11-14)17-12-18(23(25,26)27)31-32(17)16-7-5-4-6-15(16)24/h4-12H,1-3H3,(H,28,30,33). The van der Waals surface area contributed by atoms with Gasteiger partial charge < -0.3 is 0 Å². The van der Waals surface area contributed by atoms with Crippen LogP contribution in [-0.4, -0.2) is 25.9 Å². The van der Waals surface area contributed by atoms with E-state index >= 15 is 0 Å². The summed E-state index contributed by atoms with van der Waals surface area (Å²) in [5.74, 6) is -0.404. The molecule has 4 rings (SSSR count). The van der Waals surface area contributed by atoms with Gasteiger partial charge >= 0.3 is 6.18 Å². The van der Waals surface area contributed by atoms with Crippen molar-refractivity contribution < 1.29 is 18.0 Å². The average molecular weight is 506 g/mol. The van der Waals surface area contributed by atoms with Crippen molar-refractivity contribution in [2.45, 2.75) is 32.4 Å². The maximum atomic E-state index is 13.4. The molecule has 6 nitrogen and oxygen atoms in total. The molecule has 11 heteroatoms. The van der Waals surface area contributed by atoms with Gasteiger partial charge in [0.1, 0.15) is 5.01 Å². The smallest absolute Gasteiger partial charge is 0.296 e. The summed E-state index contributed by atoms with van der Waals surface area (Å²) in [6.07, 6.45) is -4.63. The molecule has 176 valence electrons. The number of nitrogens with one attached hydrogen (secondary N) is 1. The van der Waals surface area contributed by atoms with Gasteiger partial charge in [-0.2, -0.15) is 18.3 Å². The summed E-state index contributed by atoms with van der Waals surface area (Å²) in [4.78, 5) is 12.6. The Kier molecular flexibility index (Phi) is 6.22. The highest BCUT2D eigenvalue weighted by atomic mass is 35.5. The van der Waals surface area contributed by atoms with Gasteiger partial charge in [0.05, 0.1) is 16.4 Å². The number of anilines is 1. The second kappa shape index (κ2) is 8.84. The van der Waals surface area contributed by atoms with Crippen LogP contribution in [0.4, 0.5) is 18.3 Å². The minimum Gasteiger partial charge on any atom is -0.296 e. The number of para-hydroxylation sites is 1. The molecule has 0 saturated carbocycles. The van der Waals surface area contributed by atoms with E-state index < -0.39 is 17.8 Å². The van der Waals surface area contributed by atoms with E-state index in [0.29, 0.717) is 21.9 Å². The molecule has 2 aromatic carbocycles. The molecule has 0 atom stereocenters. The first-order valence-electron chi connectivity index (χ1n) is 10.1. The molecule has 2 heterocycles. The van der Waals surface area contributed by atoms with Gasteiger partial charge in [-0.3, -0.25) is 10.1 Å². The highest BCUT2D eigenvalue weighted by molar-refractivity contribution is 7.15. The predicted octanol–water partition coefficient (Wildman–Crippen LogP) is 6.61. The van der Waals surface area contributed by atoms with Gasteiger partial charge in [0.2, 0.25) is 5.13 Å². The first-order chi connectivity index (χ1) is 15.9. The summed E-state index contributed by atoms with van der Waals surface area (Å²) in [7, 11) is 0. The third-order valence-electron chi connectivity index (χ3n) is 4.81. The van der Waals surface area contributed by atoms with Crippen LogP contribution in [0.5, 0.6) is 0 Å². The topological polar surface area (TPSA) is 72.7 Å². The fourth-order valence-corrected chi connectivity index (χ4v) is 4.08. The number of hydrogen-bond donors (Lipinski definition) is 1. The monoisotopic (exact) mass is 505 g/mol. The van der Waals surface area contributed by atoms with Crippen molar-refractivity contribution in [3.05, 3.63) is 75.9 Å². The van der Waals surface area contributed by atoms with Crippen LogP contribution in [0.1, 0.15) is 41.8 Å². The van der Waals surface area contributed by atoms with Gasteiger partial charge in [-0.25, -0.2) is 4.68 Å². The van der Waals surface area contributed by atoms with Crippen molar-refractivity contribution in [2.75, 3.05) is 5.32 Å². The number of nitrogens with zero attached hydrogens (tertiary/aromatic N) is 4. The quantitative estimate of drug-likeness (QED) is 0.338. The summed E-state index contributed by atoms with van der Waals surface area (Å²) in [6, 6.07) is 13.6. The largest absolute Gasteiger partial charge is 0.435 e. The summed E-state index contributed by atoms with van der Waals surface area (Å²) in [5.41, 5.74) is 0.00715. The SMILES string of the molecule is CC(C)(C)c1nnc(NC(=O)c2ccc(-c3cc(C(F)(F)F)nn3-c3ccccc3Cl)cc2)s1. The van der Waals surface area contributed by atoms with Crippen molar-refractivity contribution >= 4 is 34.0 Å². The van der Waals surface area contributed by atoms with E-state index in [9.17, 15) is 18.0 Å². The molecule has 0 unspecified atom stereocenters. The average Bonchev–Trinajstić information content (AvgIpc) is 3.41. The Labute approximate surface area is 202 Å². The first-order valence-corrected chi connectivity index (χ1v) is 11.3. The van der Waals surface area contributed by atoms with Crippen LogP contribution in [0.2, 0.25) is 5.02 Å². The summed E-state index contributed by atoms with van der Waals surface area (Å²) >= 11 is 7.49. The Bertz CT molecular complexity index is 1340. The number of aromatic nitrogens is 4. The molecule has 1 N–H and O–H groups in total. The van der Waals surface area contributed by atoms with Gasteiger partial charge in [0, 0.05) is 16.5 Å². The van der Waals surface area contributed by atoms with Crippen molar-refractivity contribution in [3.63, 3.8) is 0 Å². The Hall–Kier alpha value is -3.24. The van der Waals surface area contributed by atoms with Crippen molar-refractivity contribution in [1.29, 1.82) is 0 Å². The second-order valence-corrected chi connectivity index (χ2v) is 9.85. The van der Waals surface area contributed by atoms with Gasteiger partial charge in [0.25, 0.3) is 5.91 Å². The minimum absolute atomic E-state index is 0.186. The molecular formula is C23H19ClF3N5OS. The first kappa shape index (κ1) is 23.9. The van der Waals surface area contributed by atoms with E-state index in [1.54, 1.807) is 36.4 Å². The molecule has 4 aromatic rings. The molecule has 0 spiro atoms. The highest BCUT2D eigenvalue weighted by Gasteiger charge is 2.35. The number of hydrogen-bond acceptors (Lipinski definition) is 5. The van der Waals surface area contributed by atoms with Gasteiger partial charge in [-0.05, 0) is 30.3 Å². The van der Waals surface area contributed by atoms with Gasteiger partial charge in [-0.15, -0.1) is 10.2 Å². The number of halogens is 4. The molecule has 0 saturated heterocycles. The number of benzene rings is 2. The van der Waals surface area contributed by atoms with Gasteiger partial charge in [0.15, 0.2) is 5.69 Å². The van der Waals surface area contributed by atoms with E-state index in [1.165, 1.54) is 23.5 Å². The number of carbonyl (C=O) groups excluding carboxylic acids is 1. The number of alkyl halides is 3. The van der Waals surface area contributed by atoms with Crippen LogP contribution in [-0.2, 0) is 11.6 Å². The number of carbonyl (C=O) groups is 1. The molecule has 1 amide bonds. The van der Waals surface area contributed by atoms with E-state index in [4.69, 9.17) is 11.6 Å².